The van der Waals surface area contributed by atoms with Crippen molar-refractivity contribution in [2.45, 2.75) is 24.8 Å². The zero-order chi connectivity index (χ0) is 15.6. The molecule has 1 aromatic heterocycles. The first-order valence-electron chi connectivity index (χ1n) is 6.44. The van der Waals surface area contributed by atoms with Gasteiger partial charge in [0.2, 0.25) is 0 Å². The van der Waals surface area contributed by atoms with E-state index in [0.29, 0.717) is 11.3 Å². The average Bonchev–Trinajstić information content (AvgIpc) is 2.84. The van der Waals surface area contributed by atoms with Gasteiger partial charge in [-0.1, -0.05) is 12.1 Å². The molecule has 0 saturated heterocycles. The van der Waals surface area contributed by atoms with Crippen LogP contribution in [0.1, 0.15) is 34.6 Å². The Labute approximate surface area is 123 Å². The molecule has 0 aliphatic rings. The van der Waals surface area contributed by atoms with E-state index in [1.807, 2.05) is 6.92 Å². The molecule has 0 unspecified atom stereocenters. The molecule has 2 rings (SSSR count). The van der Waals surface area contributed by atoms with Gasteiger partial charge in [-0.25, -0.2) is 8.42 Å². The summed E-state index contributed by atoms with van der Waals surface area (Å²) in [5, 5.41) is 2.85. The third kappa shape index (κ3) is 3.52. The average molecular weight is 307 g/mol. The molecule has 0 saturated carbocycles. The second kappa shape index (κ2) is 5.73. The molecule has 2 aromatic rings. The summed E-state index contributed by atoms with van der Waals surface area (Å²) in [5.41, 5.74) is 1.33. The number of hydrogen-bond acceptors (Lipinski definition) is 4. The molecular formula is C15H17NO4S. The van der Waals surface area contributed by atoms with Gasteiger partial charge >= 0.3 is 0 Å². The maximum Gasteiger partial charge on any atom is 0.255 e. The first kappa shape index (κ1) is 15.3. The van der Waals surface area contributed by atoms with E-state index in [1.165, 1.54) is 18.4 Å². The third-order valence-corrected chi connectivity index (χ3v) is 4.39. The van der Waals surface area contributed by atoms with Crippen molar-refractivity contribution in [3.63, 3.8) is 0 Å². The number of rotatable bonds is 4. The van der Waals surface area contributed by atoms with Crippen LogP contribution < -0.4 is 5.32 Å². The lowest BCUT2D eigenvalue weighted by Crippen LogP contribution is -2.26. The second-order valence-electron chi connectivity index (χ2n) is 4.93. The fourth-order valence-corrected chi connectivity index (χ4v) is 2.61. The summed E-state index contributed by atoms with van der Waals surface area (Å²) in [6.45, 7) is 3.56. The van der Waals surface area contributed by atoms with Gasteiger partial charge in [-0.3, -0.25) is 4.79 Å². The van der Waals surface area contributed by atoms with Crippen molar-refractivity contribution in [3.8, 4) is 0 Å². The summed E-state index contributed by atoms with van der Waals surface area (Å²) in [6, 6.07) is 7.85. The molecule has 6 heteroatoms. The van der Waals surface area contributed by atoms with Crippen LogP contribution in [0, 0.1) is 6.92 Å². The lowest BCUT2D eigenvalue weighted by molar-refractivity contribution is 0.0938. The summed E-state index contributed by atoms with van der Waals surface area (Å²) in [7, 11) is -3.21. The van der Waals surface area contributed by atoms with Gasteiger partial charge in [0.15, 0.2) is 9.84 Å². The minimum absolute atomic E-state index is 0.221. The fraction of sp³-hybridized carbons (Fsp3) is 0.267. The summed E-state index contributed by atoms with van der Waals surface area (Å²) < 4.78 is 27.9. The van der Waals surface area contributed by atoms with Gasteiger partial charge in [0, 0.05) is 6.26 Å². The predicted molar refractivity (Wildman–Crippen MR) is 78.9 cm³/mol. The Balaban J connectivity index is 2.12. The van der Waals surface area contributed by atoms with Gasteiger partial charge in [-0.2, -0.15) is 0 Å². The molecule has 0 spiro atoms. The standard InChI is InChI=1S/C15H17NO4S/c1-10(16-15(17)14-8-9-20-11(14)2)12-4-6-13(7-5-12)21(3,18)19/h4-10H,1-3H3,(H,16,17)/t10-/m1/s1. The molecule has 0 bridgehead atoms. The molecule has 1 amide bonds. The summed E-state index contributed by atoms with van der Waals surface area (Å²) in [5.74, 6) is 0.341. The highest BCUT2D eigenvalue weighted by molar-refractivity contribution is 7.90. The molecule has 0 fully saturated rings. The van der Waals surface area contributed by atoms with Gasteiger partial charge < -0.3 is 9.73 Å². The minimum Gasteiger partial charge on any atom is -0.469 e. The van der Waals surface area contributed by atoms with Gasteiger partial charge in [-0.05, 0) is 37.6 Å². The molecule has 1 aromatic carbocycles. The van der Waals surface area contributed by atoms with Gasteiger partial charge in [-0.15, -0.1) is 0 Å². The number of amides is 1. The Morgan fingerprint density at radius 2 is 1.81 bits per heavy atom. The third-order valence-electron chi connectivity index (χ3n) is 3.26. The molecule has 0 radical (unpaired) electrons. The topological polar surface area (TPSA) is 76.4 Å². The summed E-state index contributed by atoms with van der Waals surface area (Å²) in [6.07, 6.45) is 2.63. The molecular weight excluding hydrogens is 290 g/mol. The van der Waals surface area contributed by atoms with Crippen LogP contribution in [0.15, 0.2) is 45.9 Å². The van der Waals surface area contributed by atoms with E-state index in [9.17, 15) is 13.2 Å². The van der Waals surface area contributed by atoms with E-state index < -0.39 is 9.84 Å². The number of carbonyl (C=O) groups is 1. The number of benzene rings is 1. The van der Waals surface area contributed by atoms with Crippen LogP contribution in [0.3, 0.4) is 0 Å². The summed E-state index contributed by atoms with van der Waals surface area (Å²) in [4.78, 5) is 12.3. The molecule has 0 aliphatic heterocycles. The van der Waals surface area contributed by atoms with Crippen molar-refractivity contribution in [3.05, 3.63) is 53.5 Å². The first-order valence-corrected chi connectivity index (χ1v) is 8.33. The largest absolute Gasteiger partial charge is 0.469 e. The number of furan rings is 1. The molecule has 1 atom stereocenters. The number of carbonyl (C=O) groups excluding carboxylic acids is 1. The van der Waals surface area contributed by atoms with Crippen LogP contribution in [0.4, 0.5) is 0 Å². The quantitative estimate of drug-likeness (QED) is 0.941. The second-order valence-corrected chi connectivity index (χ2v) is 6.94. The van der Waals surface area contributed by atoms with Gasteiger partial charge in [0.1, 0.15) is 5.76 Å². The van der Waals surface area contributed by atoms with Crippen LogP contribution in [0.25, 0.3) is 0 Å². The van der Waals surface area contributed by atoms with Crippen LogP contribution in [0.5, 0.6) is 0 Å². The van der Waals surface area contributed by atoms with Crippen molar-refractivity contribution in [2.24, 2.45) is 0 Å². The highest BCUT2D eigenvalue weighted by Gasteiger charge is 2.15. The Morgan fingerprint density at radius 3 is 2.29 bits per heavy atom. The monoisotopic (exact) mass is 307 g/mol. The van der Waals surface area contributed by atoms with Crippen molar-refractivity contribution < 1.29 is 17.6 Å². The number of aryl methyl sites for hydroxylation is 1. The number of hydrogen-bond donors (Lipinski definition) is 1. The lowest BCUT2D eigenvalue weighted by Gasteiger charge is -2.14. The van der Waals surface area contributed by atoms with E-state index >= 15 is 0 Å². The number of nitrogens with one attached hydrogen (secondary N) is 1. The Kier molecular flexibility index (Phi) is 4.18. The number of sulfone groups is 1. The highest BCUT2D eigenvalue weighted by atomic mass is 32.2. The van der Waals surface area contributed by atoms with E-state index in [2.05, 4.69) is 5.32 Å². The molecule has 112 valence electrons. The molecule has 1 N–H and O–H groups in total. The van der Waals surface area contributed by atoms with Crippen molar-refractivity contribution in [2.75, 3.05) is 6.26 Å². The minimum atomic E-state index is -3.21. The maximum absolute atomic E-state index is 12.1. The molecule has 0 aliphatic carbocycles. The van der Waals surface area contributed by atoms with Crippen LogP contribution in [0.2, 0.25) is 0 Å². The molecule has 1 heterocycles. The van der Waals surface area contributed by atoms with E-state index in [1.54, 1.807) is 25.1 Å². The van der Waals surface area contributed by atoms with Crippen molar-refractivity contribution >= 4 is 15.7 Å². The van der Waals surface area contributed by atoms with Crippen molar-refractivity contribution in [1.29, 1.82) is 0 Å². The lowest BCUT2D eigenvalue weighted by atomic mass is 10.1. The highest BCUT2D eigenvalue weighted by Crippen LogP contribution is 2.17. The Morgan fingerprint density at radius 1 is 1.19 bits per heavy atom. The van der Waals surface area contributed by atoms with E-state index in [0.717, 1.165) is 11.8 Å². The Hall–Kier alpha value is -2.08. The molecule has 21 heavy (non-hydrogen) atoms. The van der Waals surface area contributed by atoms with Gasteiger partial charge in [0.05, 0.1) is 22.8 Å². The fourth-order valence-electron chi connectivity index (χ4n) is 1.98. The van der Waals surface area contributed by atoms with Crippen molar-refractivity contribution in [1.82, 2.24) is 5.32 Å². The maximum atomic E-state index is 12.1. The van der Waals surface area contributed by atoms with Crippen LogP contribution in [-0.2, 0) is 9.84 Å². The van der Waals surface area contributed by atoms with E-state index in [-0.39, 0.29) is 16.8 Å². The Bertz CT molecular complexity index is 744. The van der Waals surface area contributed by atoms with Gasteiger partial charge in [0.25, 0.3) is 5.91 Å². The smallest absolute Gasteiger partial charge is 0.255 e. The summed E-state index contributed by atoms with van der Waals surface area (Å²) >= 11 is 0. The van der Waals surface area contributed by atoms with E-state index in [4.69, 9.17) is 4.42 Å². The normalized spacial score (nSPS) is 12.9. The predicted octanol–water partition coefficient (Wildman–Crippen LogP) is 2.48. The first-order chi connectivity index (χ1) is 9.79. The van der Waals surface area contributed by atoms with Crippen LogP contribution >= 0.6 is 0 Å². The zero-order valence-corrected chi connectivity index (χ0v) is 12.9. The molecule has 5 nitrogen and oxygen atoms in total. The van der Waals surface area contributed by atoms with Crippen LogP contribution in [-0.4, -0.2) is 20.6 Å². The SMILES string of the molecule is Cc1occc1C(=O)N[C@H](C)c1ccc(S(C)(=O)=O)cc1. The zero-order valence-electron chi connectivity index (χ0n) is 12.1.